The summed E-state index contributed by atoms with van der Waals surface area (Å²) in [5.74, 6) is 0. The summed E-state index contributed by atoms with van der Waals surface area (Å²) in [5.41, 5.74) is 0. The first kappa shape index (κ1) is 61.7. The van der Waals surface area contributed by atoms with Gasteiger partial charge in [-0.25, -0.2) is 0 Å². The van der Waals surface area contributed by atoms with Crippen molar-refractivity contribution < 1.29 is 56.0 Å². The number of allylic oxidation sites excluding steroid dienone is 2. The fourth-order valence-corrected chi connectivity index (χ4v) is 18.8. The van der Waals surface area contributed by atoms with Crippen molar-refractivity contribution in [3.8, 4) is 0 Å². The van der Waals surface area contributed by atoms with E-state index in [4.69, 9.17) is 69.5 Å². The SMILES string of the molecule is C=CCCCCCCCCCCCP1(OCCOCCOC)=NP(CCCCCCCCCCCC=C)(OCCOCCOC)=NP(OCCOCCOC)(OCCOCCOC)=N1. The molecule has 0 amide bonds. The van der Waals surface area contributed by atoms with Crippen LogP contribution in [0.5, 0.6) is 0 Å². The molecule has 0 spiro atoms. The van der Waals surface area contributed by atoms with Crippen LogP contribution in [0.1, 0.15) is 128 Å². The Hall–Kier alpha value is -0.310. The van der Waals surface area contributed by atoms with Gasteiger partial charge in [0.05, 0.1) is 106 Å². The molecule has 1 rings (SSSR count). The van der Waals surface area contributed by atoms with E-state index in [-0.39, 0.29) is 13.2 Å². The third kappa shape index (κ3) is 34.0. The number of nitrogens with zero attached hydrogens (tertiary/aromatic N) is 3. The fraction of sp³-hybridized carbons (Fsp3) is 0.913. The summed E-state index contributed by atoms with van der Waals surface area (Å²) in [6, 6.07) is 0. The normalized spacial score (nSPS) is 18.1. The average Bonchev–Trinajstić information content (AvgIpc) is 3.29. The highest BCUT2D eigenvalue weighted by atomic mass is 31.3. The van der Waals surface area contributed by atoms with E-state index < -0.39 is 22.5 Å². The van der Waals surface area contributed by atoms with E-state index in [0.29, 0.717) is 105 Å². The summed E-state index contributed by atoms with van der Waals surface area (Å²) in [4.78, 5) is 0. The van der Waals surface area contributed by atoms with Gasteiger partial charge in [-0.15, -0.1) is 13.2 Å². The van der Waals surface area contributed by atoms with E-state index in [9.17, 15) is 0 Å². The number of rotatable bonds is 52. The van der Waals surface area contributed by atoms with Crippen LogP contribution in [0.25, 0.3) is 0 Å². The highest BCUT2D eigenvalue weighted by molar-refractivity contribution is 7.81. The molecule has 0 saturated heterocycles. The lowest BCUT2D eigenvalue weighted by molar-refractivity contribution is 0.0441. The van der Waals surface area contributed by atoms with Crippen molar-refractivity contribution in [3.05, 3.63) is 25.3 Å². The Kier molecular flexibility index (Phi) is 43.5. The summed E-state index contributed by atoms with van der Waals surface area (Å²) in [5, 5.41) is 0. The van der Waals surface area contributed by atoms with Crippen molar-refractivity contribution in [2.45, 2.75) is 128 Å². The topological polar surface area (TPSA) is 148 Å². The molecule has 1 aliphatic rings. The maximum Gasteiger partial charge on any atom is 0.345 e. The summed E-state index contributed by atoms with van der Waals surface area (Å²) >= 11 is 0. The van der Waals surface area contributed by atoms with Crippen molar-refractivity contribution >= 4 is 22.5 Å². The minimum atomic E-state index is -3.39. The molecule has 0 aliphatic carbocycles. The lowest BCUT2D eigenvalue weighted by atomic mass is 10.1. The van der Waals surface area contributed by atoms with E-state index in [2.05, 4.69) is 13.2 Å². The molecule has 2 unspecified atom stereocenters. The molecule has 0 saturated carbocycles. The number of hydrogen-bond donors (Lipinski definition) is 0. The second kappa shape index (κ2) is 45.2. The predicted octanol–water partition coefficient (Wildman–Crippen LogP) is 12.9. The lowest BCUT2D eigenvalue weighted by Gasteiger charge is -2.35. The zero-order valence-electron chi connectivity index (χ0n) is 41.0. The van der Waals surface area contributed by atoms with Crippen LogP contribution in [0.2, 0.25) is 0 Å². The van der Waals surface area contributed by atoms with Gasteiger partial charge < -0.3 is 56.0 Å². The highest BCUT2D eigenvalue weighted by Crippen LogP contribution is 2.80. The first-order chi connectivity index (χ1) is 31.5. The number of methoxy groups -OCH3 is 4. The zero-order valence-corrected chi connectivity index (χ0v) is 43.7. The number of ether oxygens (including phenoxy) is 8. The van der Waals surface area contributed by atoms with Gasteiger partial charge in [-0.3, -0.25) is 0 Å². The molecule has 0 radical (unpaired) electrons. The Morgan fingerprint density at radius 2 is 0.594 bits per heavy atom. The Balaban J connectivity index is 3.59. The van der Waals surface area contributed by atoms with Crippen LogP contribution in [-0.4, -0.2) is 146 Å². The Morgan fingerprint density at radius 3 is 0.922 bits per heavy atom. The van der Waals surface area contributed by atoms with Gasteiger partial charge in [-0.05, 0) is 38.5 Å². The lowest BCUT2D eigenvalue weighted by Crippen LogP contribution is -2.13. The van der Waals surface area contributed by atoms with Crippen molar-refractivity contribution in [1.29, 1.82) is 0 Å². The maximum absolute atomic E-state index is 6.95. The quantitative estimate of drug-likeness (QED) is 0.0324. The van der Waals surface area contributed by atoms with Crippen molar-refractivity contribution in [2.24, 2.45) is 13.5 Å². The second-order valence-corrected chi connectivity index (χ2v) is 23.5. The van der Waals surface area contributed by atoms with Gasteiger partial charge in [0.15, 0.2) is 0 Å². The minimum absolute atomic E-state index is 0.219. The van der Waals surface area contributed by atoms with Crippen molar-refractivity contribution in [2.75, 3.05) is 146 Å². The summed E-state index contributed by atoms with van der Waals surface area (Å²) < 4.78 is 88.4. The fourth-order valence-electron chi connectivity index (χ4n) is 6.76. The van der Waals surface area contributed by atoms with Gasteiger partial charge in [-0.1, -0.05) is 102 Å². The average molecular weight is 974 g/mol. The molecule has 0 bridgehead atoms. The van der Waals surface area contributed by atoms with Crippen LogP contribution >= 0.6 is 22.5 Å². The summed E-state index contributed by atoms with van der Waals surface area (Å²) in [7, 11) is -2.69. The van der Waals surface area contributed by atoms with Gasteiger partial charge in [-0.2, -0.15) is 13.5 Å². The molecule has 2 atom stereocenters. The van der Waals surface area contributed by atoms with Gasteiger partial charge in [0.25, 0.3) is 0 Å². The van der Waals surface area contributed by atoms with E-state index in [1.165, 1.54) is 77.0 Å². The van der Waals surface area contributed by atoms with Crippen molar-refractivity contribution in [3.63, 3.8) is 0 Å². The number of unbranched alkanes of at least 4 members (excludes halogenated alkanes) is 18. The largest absolute Gasteiger partial charge is 0.382 e. The standard InChI is InChI=1S/C46H94N3O12P3/c1-7-9-11-13-15-17-19-21-23-25-27-45-62(58-41-37-54-33-29-50-3)47-63(59-42-38-55-34-30-51-4,46-28-26-24-22-20-18-16-14-12-10-8-2)49-64(48-62,60-43-39-56-35-31-52-5)61-44-40-57-36-32-53-6/h7-8H,1-2,9-46H2,3-6H3. The molecule has 1 heterocycles. The van der Waals surface area contributed by atoms with Crippen LogP contribution in [0.3, 0.4) is 0 Å². The van der Waals surface area contributed by atoms with Crippen LogP contribution < -0.4 is 0 Å². The Bertz CT molecular complexity index is 1180. The molecule has 0 fully saturated rings. The number of hydrogen-bond acceptors (Lipinski definition) is 15. The summed E-state index contributed by atoms with van der Waals surface area (Å²) in [6.45, 7) is 14.0. The Labute approximate surface area is 391 Å². The third-order valence-corrected chi connectivity index (χ3v) is 20.6. The second-order valence-electron chi connectivity index (χ2n) is 15.8. The van der Waals surface area contributed by atoms with Crippen molar-refractivity contribution in [1.82, 2.24) is 0 Å². The molecular formula is C46H94N3O12P3. The first-order valence-corrected chi connectivity index (χ1v) is 29.6. The molecule has 0 N–H and O–H groups in total. The molecule has 64 heavy (non-hydrogen) atoms. The first-order valence-electron chi connectivity index (χ1n) is 24.4. The van der Waals surface area contributed by atoms with Gasteiger partial charge in [0, 0.05) is 40.8 Å². The summed E-state index contributed by atoms with van der Waals surface area (Å²) in [6.07, 6.45) is 28.8. The molecule has 0 aromatic heterocycles. The van der Waals surface area contributed by atoms with Gasteiger partial charge in [0.2, 0.25) is 14.9 Å². The minimum Gasteiger partial charge on any atom is -0.382 e. The van der Waals surface area contributed by atoms with Crippen LogP contribution in [-0.2, 0) is 56.0 Å². The molecule has 380 valence electrons. The molecule has 18 heteroatoms. The van der Waals surface area contributed by atoms with E-state index in [1.807, 2.05) is 12.2 Å². The molecule has 0 aromatic carbocycles. The van der Waals surface area contributed by atoms with Crippen LogP contribution in [0, 0.1) is 0 Å². The smallest absolute Gasteiger partial charge is 0.345 e. The van der Waals surface area contributed by atoms with Crippen LogP contribution in [0.4, 0.5) is 0 Å². The highest BCUT2D eigenvalue weighted by Gasteiger charge is 2.40. The zero-order chi connectivity index (χ0) is 46.4. The van der Waals surface area contributed by atoms with Gasteiger partial charge in [0.1, 0.15) is 0 Å². The Morgan fingerprint density at radius 1 is 0.312 bits per heavy atom. The predicted molar refractivity (Wildman–Crippen MR) is 265 cm³/mol. The van der Waals surface area contributed by atoms with E-state index >= 15 is 0 Å². The molecule has 0 aromatic rings. The van der Waals surface area contributed by atoms with Gasteiger partial charge >= 0.3 is 7.66 Å². The molecular weight excluding hydrogens is 879 g/mol. The van der Waals surface area contributed by atoms with E-state index in [0.717, 1.165) is 51.4 Å². The molecule has 1 aliphatic heterocycles. The van der Waals surface area contributed by atoms with E-state index in [1.54, 1.807) is 28.4 Å². The van der Waals surface area contributed by atoms with Crippen LogP contribution in [0.15, 0.2) is 38.9 Å². The maximum atomic E-state index is 6.95. The monoisotopic (exact) mass is 974 g/mol. The third-order valence-electron chi connectivity index (χ3n) is 10.3. The molecule has 15 nitrogen and oxygen atoms in total.